The van der Waals surface area contributed by atoms with Crippen LogP contribution in [0.4, 0.5) is 10.5 Å². The molecule has 0 aromatic heterocycles. The minimum absolute atomic E-state index is 0.425. The van der Waals surface area contributed by atoms with Gasteiger partial charge in [0.2, 0.25) is 0 Å². The highest BCUT2D eigenvalue weighted by atomic mass is 32.2. The Morgan fingerprint density at radius 1 is 1.08 bits per heavy atom. The second-order valence-corrected chi connectivity index (χ2v) is 8.02. The second kappa shape index (κ2) is 7.70. The highest BCUT2D eigenvalue weighted by Crippen LogP contribution is 2.29. The Hall–Kier alpha value is -2.34. The average Bonchev–Trinajstić information content (AvgIpc) is 2.53. The van der Waals surface area contributed by atoms with Crippen LogP contribution in [0, 0.1) is 6.92 Å². The van der Waals surface area contributed by atoms with Gasteiger partial charge in [-0.1, -0.05) is 17.7 Å². The van der Waals surface area contributed by atoms with Crippen LogP contribution in [0.25, 0.3) is 0 Å². The highest BCUT2D eigenvalue weighted by Gasteiger charge is 2.20. The number of ether oxygens (including phenoxy) is 2. The monoisotopic (exact) mass is 361 g/mol. The summed E-state index contributed by atoms with van der Waals surface area (Å²) in [5.41, 5.74) is 0.889. The molecule has 1 atom stereocenters. The van der Waals surface area contributed by atoms with Crippen LogP contribution in [0.15, 0.2) is 52.3 Å². The minimum Gasteiger partial charge on any atom is -0.497 e. The molecule has 1 amide bonds. The van der Waals surface area contributed by atoms with Gasteiger partial charge in [-0.15, -0.1) is 0 Å². The third kappa shape index (κ3) is 5.32. The molecule has 2 rings (SSSR count). The first-order valence-corrected chi connectivity index (χ1v) is 9.01. The molecule has 0 bridgehead atoms. The van der Waals surface area contributed by atoms with E-state index in [1.165, 1.54) is 7.11 Å². The van der Waals surface area contributed by atoms with Crippen molar-refractivity contribution in [1.29, 1.82) is 0 Å². The number of anilines is 1. The van der Waals surface area contributed by atoms with Crippen molar-refractivity contribution >= 4 is 22.6 Å². The van der Waals surface area contributed by atoms with Gasteiger partial charge in [0.05, 0.1) is 28.5 Å². The van der Waals surface area contributed by atoms with Gasteiger partial charge in [-0.05, 0) is 58.0 Å². The van der Waals surface area contributed by atoms with Crippen LogP contribution < -0.4 is 10.1 Å². The van der Waals surface area contributed by atoms with Crippen LogP contribution in [0.2, 0.25) is 0 Å². The van der Waals surface area contributed by atoms with Gasteiger partial charge in [0, 0.05) is 4.90 Å². The largest absolute Gasteiger partial charge is 0.497 e. The van der Waals surface area contributed by atoms with Crippen molar-refractivity contribution in [2.45, 2.75) is 43.1 Å². The molecular formula is C19H23NO4S. The summed E-state index contributed by atoms with van der Waals surface area (Å²) in [5, 5.41) is 2.67. The lowest BCUT2D eigenvalue weighted by Crippen LogP contribution is -2.27. The molecule has 2 aromatic carbocycles. The first kappa shape index (κ1) is 19.0. The Morgan fingerprint density at radius 3 is 2.28 bits per heavy atom. The topological polar surface area (TPSA) is 64.6 Å². The lowest BCUT2D eigenvalue weighted by molar-refractivity contribution is 0.0635. The third-order valence-corrected chi connectivity index (χ3v) is 4.70. The van der Waals surface area contributed by atoms with E-state index in [1.54, 1.807) is 39.0 Å². The van der Waals surface area contributed by atoms with Crippen LogP contribution >= 0.6 is 0 Å². The predicted molar refractivity (Wildman–Crippen MR) is 98.7 cm³/mol. The van der Waals surface area contributed by atoms with Gasteiger partial charge in [-0.2, -0.15) is 0 Å². The molecule has 0 saturated heterocycles. The molecule has 0 radical (unpaired) electrons. The molecule has 5 nitrogen and oxygen atoms in total. The molecule has 6 heteroatoms. The third-order valence-electron chi connectivity index (χ3n) is 3.26. The van der Waals surface area contributed by atoms with E-state index >= 15 is 0 Å². The molecule has 1 unspecified atom stereocenters. The van der Waals surface area contributed by atoms with Crippen molar-refractivity contribution in [3.63, 3.8) is 0 Å². The zero-order valence-corrected chi connectivity index (χ0v) is 15.9. The summed E-state index contributed by atoms with van der Waals surface area (Å²) < 4.78 is 23.5. The lowest BCUT2D eigenvalue weighted by Gasteiger charge is -2.20. The van der Waals surface area contributed by atoms with E-state index < -0.39 is 22.5 Å². The van der Waals surface area contributed by atoms with E-state index in [0.717, 1.165) is 5.56 Å². The maximum atomic E-state index is 13.0. The summed E-state index contributed by atoms with van der Waals surface area (Å²) >= 11 is 0. The Balaban J connectivity index is 2.36. The molecule has 134 valence electrons. The van der Waals surface area contributed by atoms with Gasteiger partial charge in [0.1, 0.15) is 11.4 Å². The SMILES string of the molecule is COc1ccc(NC(=O)OC(C)(C)C)c(S(=O)c2ccc(C)cc2)c1. The fourth-order valence-electron chi connectivity index (χ4n) is 2.09. The number of carbonyl (C=O) groups is 1. The molecule has 2 aromatic rings. The zero-order chi connectivity index (χ0) is 18.6. The maximum Gasteiger partial charge on any atom is 0.412 e. The van der Waals surface area contributed by atoms with E-state index in [9.17, 15) is 9.00 Å². The number of hydrogen-bond acceptors (Lipinski definition) is 4. The smallest absolute Gasteiger partial charge is 0.412 e. The van der Waals surface area contributed by atoms with E-state index in [-0.39, 0.29) is 0 Å². The quantitative estimate of drug-likeness (QED) is 0.870. The Bertz CT molecular complexity index is 779. The molecule has 0 fully saturated rings. The van der Waals surface area contributed by atoms with Crippen molar-refractivity contribution in [2.24, 2.45) is 0 Å². The van der Waals surface area contributed by atoms with Crippen molar-refractivity contribution < 1.29 is 18.5 Å². The minimum atomic E-state index is -1.47. The maximum absolute atomic E-state index is 13.0. The van der Waals surface area contributed by atoms with E-state index in [1.807, 2.05) is 31.2 Å². The summed E-state index contributed by atoms with van der Waals surface area (Å²) in [4.78, 5) is 13.2. The molecule has 0 aliphatic rings. The van der Waals surface area contributed by atoms with Gasteiger partial charge in [0.15, 0.2) is 0 Å². The summed E-state index contributed by atoms with van der Waals surface area (Å²) in [7, 11) is 0.0683. The number of rotatable bonds is 4. The first-order valence-electron chi connectivity index (χ1n) is 7.86. The molecule has 25 heavy (non-hydrogen) atoms. The lowest BCUT2D eigenvalue weighted by atomic mass is 10.2. The Labute approximate surface area is 150 Å². The van der Waals surface area contributed by atoms with Crippen LogP contribution in [-0.4, -0.2) is 23.0 Å². The van der Waals surface area contributed by atoms with Crippen molar-refractivity contribution in [3.8, 4) is 5.75 Å². The average molecular weight is 361 g/mol. The number of methoxy groups -OCH3 is 1. The number of nitrogens with one attached hydrogen (secondary N) is 1. The Kier molecular flexibility index (Phi) is 5.85. The van der Waals surface area contributed by atoms with E-state index in [4.69, 9.17) is 9.47 Å². The van der Waals surface area contributed by atoms with Gasteiger partial charge in [-0.3, -0.25) is 5.32 Å². The molecular weight excluding hydrogens is 338 g/mol. The van der Waals surface area contributed by atoms with Crippen LogP contribution in [0.5, 0.6) is 5.75 Å². The number of amides is 1. The summed E-state index contributed by atoms with van der Waals surface area (Å²) in [6, 6.07) is 12.4. The fourth-order valence-corrected chi connectivity index (χ4v) is 3.27. The number of aryl methyl sites for hydroxylation is 1. The summed E-state index contributed by atoms with van der Waals surface area (Å²) in [6.07, 6.45) is -0.597. The molecule has 1 N–H and O–H groups in total. The molecule has 0 spiro atoms. The molecule has 0 heterocycles. The molecule has 0 saturated carbocycles. The predicted octanol–water partition coefficient (Wildman–Crippen LogP) is 4.52. The second-order valence-electron chi connectivity index (χ2n) is 6.57. The number of benzene rings is 2. The van der Waals surface area contributed by atoms with Gasteiger partial charge >= 0.3 is 6.09 Å². The highest BCUT2D eigenvalue weighted by molar-refractivity contribution is 7.85. The van der Waals surface area contributed by atoms with Crippen LogP contribution in [-0.2, 0) is 15.5 Å². The normalized spacial score (nSPS) is 12.4. The zero-order valence-electron chi connectivity index (χ0n) is 15.1. The van der Waals surface area contributed by atoms with Crippen LogP contribution in [0.3, 0.4) is 0 Å². The van der Waals surface area contributed by atoms with Crippen LogP contribution in [0.1, 0.15) is 26.3 Å². The Morgan fingerprint density at radius 2 is 1.72 bits per heavy atom. The first-order chi connectivity index (χ1) is 11.7. The fraction of sp³-hybridized carbons (Fsp3) is 0.316. The van der Waals surface area contributed by atoms with E-state index in [0.29, 0.717) is 21.2 Å². The summed E-state index contributed by atoms with van der Waals surface area (Å²) in [6.45, 7) is 7.32. The van der Waals surface area contributed by atoms with Crippen molar-refractivity contribution in [3.05, 3.63) is 48.0 Å². The summed E-state index contributed by atoms with van der Waals surface area (Å²) in [5.74, 6) is 0.560. The van der Waals surface area contributed by atoms with Crippen molar-refractivity contribution in [2.75, 3.05) is 12.4 Å². The van der Waals surface area contributed by atoms with Gasteiger partial charge < -0.3 is 9.47 Å². The van der Waals surface area contributed by atoms with Gasteiger partial charge in [0.25, 0.3) is 0 Å². The number of hydrogen-bond donors (Lipinski definition) is 1. The molecule has 0 aliphatic carbocycles. The number of carbonyl (C=O) groups excluding carboxylic acids is 1. The molecule has 0 aliphatic heterocycles. The van der Waals surface area contributed by atoms with E-state index in [2.05, 4.69) is 5.32 Å². The standard InChI is InChI=1S/C19H23NO4S/c1-13-6-9-15(10-7-13)25(22)17-12-14(23-5)8-11-16(17)20-18(21)24-19(2,3)4/h6-12H,1-5H3,(H,20,21). The van der Waals surface area contributed by atoms with Gasteiger partial charge in [-0.25, -0.2) is 9.00 Å². The van der Waals surface area contributed by atoms with Crippen molar-refractivity contribution in [1.82, 2.24) is 0 Å².